The highest BCUT2D eigenvalue weighted by Gasteiger charge is 2.30. The van der Waals surface area contributed by atoms with Gasteiger partial charge in [-0.3, -0.25) is 14.9 Å². The van der Waals surface area contributed by atoms with Gasteiger partial charge in [-0.2, -0.15) is 0 Å². The molecule has 0 heterocycles. The molecular formula is C14H19N3O6S. The number of nitrogens with one attached hydrogen (secondary N) is 2. The zero-order chi connectivity index (χ0) is 17.9. The van der Waals surface area contributed by atoms with Crippen LogP contribution in [0.5, 0.6) is 0 Å². The minimum Gasteiger partial charge on any atom is -0.481 e. The summed E-state index contributed by atoms with van der Waals surface area (Å²) in [5.74, 6) is -0.664. The van der Waals surface area contributed by atoms with Crippen molar-refractivity contribution < 1.29 is 23.2 Å². The van der Waals surface area contributed by atoms with E-state index in [9.17, 15) is 23.3 Å². The first-order chi connectivity index (χ1) is 11.2. The summed E-state index contributed by atoms with van der Waals surface area (Å²) < 4.78 is 26.3. The van der Waals surface area contributed by atoms with Crippen LogP contribution in [0.25, 0.3) is 0 Å². The van der Waals surface area contributed by atoms with Crippen LogP contribution in [0.1, 0.15) is 26.2 Å². The van der Waals surface area contributed by atoms with E-state index in [1.165, 1.54) is 12.1 Å². The highest BCUT2D eigenvalue weighted by Crippen LogP contribution is 2.36. The Labute approximate surface area is 139 Å². The Hall–Kier alpha value is -2.20. The molecule has 1 saturated carbocycles. The molecule has 3 N–H and O–H groups in total. The summed E-state index contributed by atoms with van der Waals surface area (Å²) in [6.45, 7) is 1.64. The molecule has 1 aliphatic carbocycles. The fourth-order valence-corrected chi connectivity index (χ4v) is 3.34. The van der Waals surface area contributed by atoms with Crippen LogP contribution in [0.4, 0.5) is 11.4 Å². The molecule has 132 valence electrons. The van der Waals surface area contributed by atoms with E-state index in [2.05, 4.69) is 10.0 Å². The molecule has 1 fully saturated rings. The lowest BCUT2D eigenvalue weighted by Crippen LogP contribution is -2.26. The van der Waals surface area contributed by atoms with Gasteiger partial charge in [-0.25, -0.2) is 13.1 Å². The average Bonchev–Trinajstić information content (AvgIpc) is 3.31. The molecule has 0 aromatic heterocycles. The van der Waals surface area contributed by atoms with Crippen molar-refractivity contribution in [2.24, 2.45) is 5.92 Å². The Bertz CT molecular complexity index is 745. The first-order valence-corrected chi connectivity index (χ1v) is 8.95. The minimum absolute atomic E-state index is 0.0693. The van der Waals surface area contributed by atoms with Gasteiger partial charge in [0.15, 0.2) is 0 Å². The maximum atomic E-state index is 12.1. The Kier molecular flexibility index (Phi) is 5.40. The summed E-state index contributed by atoms with van der Waals surface area (Å²) in [4.78, 5) is 20.8. The summed E-state index contributed by atoms with van der Waals surface area (Å²) in [6.07, 6.45) is 1.77. The van der Waals surface area contributed by atoms with Gasteiger partial charge < -0.3 is 10.4 Å². The molecular weight excluding hydrogens is 338 g/mol. The Morgan fingerprint density at radius 2 is 2.12 bits per heavy atom. The van der Waals surface area contributed by atoms with Crippen molar-refractivity contribution in [1.29, 1.82) is 0 Å². The van der Waals surface area contributed by atoms with Gasteiger partial charge in [-0.05, 0) is 37.8 Å². The fraction of sp³-hybridized carbons (Fsp3) is 0.500. The van der Waals surface area contributed by atoms with Gasteiger partial charge in [0.2, 0.25) is 10.0 Å². The van der Waals surface area contributed by atoms with E-state index < -0.39 is 20.9 Å². The van der Waals surface area contributed by atoms with Gasteiger partial charge in [0.1, 0.15) is 5.69 Å². The molecule has 0 amide bonds. The molecule has 0 bridgehead atoms. The Morgan fingerprint density at radius 1 is 1.46 bits per heavy atom. The van der Waals surface area contributed by atoms with Crippen molar-refractivity contribution >= 4 is 27.4 Å². The van der Waals surface area contributed by atoms with Crippen molar-refractivity contribution in [3.63, 3.8) is 0 Å². The molecule has 2 rings (SSSR count). The second-order valence-corrected chi connectivity index (χ2v) is 7.51. The van der Waals surface area contributed by atoms with Crippen molar-refractivity contribution in [2.75, 3.05) is 11.9 Å². The summed E-state index contributed by atoms with van der Waals surface area (Å²) >= 11 is 0. The Balaban J connectivity index is 2.20. The molecule has 0 aliphatic heterocycles. The standard InChI is InChI=1S/C14H19N3O6S/c1-9(10-2-3-10)16-12-5-4-11(8-13(12)17(20)21)24(22,23)15-7-6-14(18)19/h4-5,8-10,15-16H,2-3,6-7H2,1H3,(H,18,19)/t9-/m0/s1. The van der Waals surface area contributed by atoms with Crippen LogP contribution in [0.15, 0.2) is 23.1 Å². The van der Waals surface area contributed by atoms with Crippen molar-refractivity contribution in [1.82, 2.24) is 4.72 Å². The number of nitro benzene ring substituents is 1. The van der Waals surface area contributed by atoms with Gasteiger partial charge in [0, 0.05) is 18.7 Å². The maximum absolute atomic E-state index is 12.1. The second kappa shape index (κ2) is 7.14. The predicted octanol–water partition coefficient (Wildman–Crippen LogP) is 1.56. The largest absolute Gasteiger partial charge is 0.481 e. The molecule has 10 heteroatoms. The highest BCUT2D eigenvalue weighted by atomic mass is 32.2. The third kappa shape index (κ3) is 4.65. The van der Waals surface area contributed by atoms with E-state index in [1.807, 2.05) is 6.92 Å². The number of nitro groups is 1. The number of rotatable bonds is 9. The van der Waals surface area contributed by atoms with Gasteiger partial charge in [-0.1, -0.05) is 0 Å². The van der Waals surface area contributed by atoms with Crippen molar-refractivity contribution in [2.45, 2.75) is 37.1 Å². The number of sulfonamides is 1. The molecule has 1 aliphatic rings. The summed E-state index contributed by atoms with van der Waals surface area (Å²) in [7, 11) is -4.01. The number of hydrogen-bond donors (Lipinski definition) is 3. The van der Waals surface area contributed by atoms with Crippen LogP contribution >= 0.6 is 0 Å². The van der Waals surface area contributed by atoms with E-state index in [1.54, 1.807) is 0 Å². The number of nitrogens with zero attached hydrogens (tertiary/aromatic N) is 1. The molecule has 0 unspecified atom stereocenters. The summed E-state index contributed by atoms with van der Waals surface area (Å²) in [5, 5.41) is 22.8. The topological polar surface area (TPSA) is 139 Å². The van der Waals surface area contributed by atoms with E-state index in [-0.39, 0.29) is 35.3 Å². The van der Waals surface area contributed by atoms with Gasteiger partial charge >= 0.3 is 5.97 Å². The SMILES string of the molecule is C[C@H](Nc1ccc(S(=O)(=O)NCCC(=O)O)cc1[N+](=O)[O-])C1CC1. The van der Waals surface area contributed by atoms with Crippen LogP contribution < -0.4 is 10.0 Å². The number of benzene rings is 1. The number of aliphatic carboxylic acids is 1. The van der Waals surface area contributed by atoms with Crippen molar-refractivity contribution in [3.8, 4) is 0 Å². The normalized spacial score (nSPS) is 15.7. The van der Waals surface area contributed by atoms with Crippen LogP contribution in [-0.4, -0.2) is 37.0 Å². The smallest absolute Gasteiger partial charge is 0.304 e. The highest BCUT2D eigenvalue weighted by molar-refractivity contribution is 7.89. The van der Waals surface area contributed by atoms with E-state index in [4.69, 9.17) is 5.11 Å². The quantitative estimate of drug-likeness (QED) is 0.450. The minimum atomic E-state index is -4.01. The zero-order valence-corrected chi connectivity index (χ0v) is 13.9. The number of carbonyl (C=O) groups is 1. The van der Waals surface area contributed by atoms with Crippen LogP contribution in [0.3, 0.4) is 0 Å². The lowest BCUT2D eigenvalue weighted by Gasteiger charge is -2.15. The third-order valence-electron chi connectivity index (χ3n) is 3.82. The lowest BCUT2D eigenvalue weighted by molar-refractivity contribution is -0.384. The zero-order valence-electron chi connectivity index (χ0n) is 13.1. The van der Waals surface area contributed by atoms with E-state index in [0.717, 1.165) is 18.9 Å². The molecule has 1 atom stereocenters. The molecule has 1 aromatic rings. The lowest BCUT2D eigenvalue weighted by atomic mass is 10.2. The predicted molar refractivity (Wildman–Crippen MR) is 86.3 cm³/mol. The van der Waals surface area contributed by atoms with E-state index >= 15 is 0 Å². The van der Waals surface area contributed by atoms with Gasteiger partial charge in [0.05, 0.1) is 16.2 Å². The summed E-state index contributed by atoms with van der Waals surface area (Å²) in [5.41, 5.74) is -0.0625. The first kappa shape index (κ1) is 18.1. The molecule has 9 nitrogen and oxygen atoms in total. The molecule has 0 radical (unpaired) electrons. The van der Waals surface area contributed by atoms with Gasteiger partial charge in [-0.15, -0.1) is 0 Å². The third-order valence-corrected chi connectivity index (χ3v) is 5.28. The fourth-order valence-electron chi connectivity index (χ4n) is 2.29. The van der Waals surface area contributed by atoms with E-state index in [0.29, 0.717) is 5.92 Å². The second-order valence-electron chi connectivity index (χ2n) is 5.75. The summed E-state index contributed by atoms with van der Waals surface area (Å²) in [6, 6.07) is 3.67. The van der Waals surface area contributed by atoms with Crippen LogP contribution in [0, 0.1) is 16.0 Å². The number of carboxylic acids is 1. The van der Waals surface area contributed by atoms with Crippen molar-refractivity contribution in [3.05, 3.63) is 28.3 Å². The monoisotopic (exact) mass is 357 g/mol. The number of hydrogen-bond acceptors (Lipinski definition) is 6. The first-order valence-electron chi connectivity index (χ1n) is 7.47. The number of anilines is 1. The maximum Gasteiger partial charge on any atom is 0.304 e. The molecule has 0 saturated heterocycles. The Morgan fingerprint density at radius 3 is 2.67 bits per heavy atom. The molecule has 24 heavy (non-hydrogen) atoms. The van der Waals surface area contributed by atoms with Crippen LogP contribution in [0.2, 0.25) is 0 Å². The van der Waals surface area contributed by atoms with Crippen LogP contribution in [-0.2, 0) is 14.8 Å². The molecule has 0 spiro atoms. The van der Waals surface area contributed by atoms with Gasteiger partial charge in [0.25, 0.3) is 5.69 Å². The average molecular weight is 357 g/mol. The molecule has 1 aromatic carbocycles. The number of carboxylic acid groups (broad SMARTS) is 1.